The summed E-state index contributed by atoms with van der Waals surface area (Å²) in [5.74, 6) is 1.27. The van der Waals surface area contributed by atoms with E-state index in [9.17, 15) is 0 Å². The van der Waals surface area contributed by atoms with E-state index in [4.69, 9.17) is 4.43 Å². The van der Waals surface area contributed by atoms with Gasteiger partial charge in [-0.05, 0) is 25.3 Å². The average Bonchev–Trinajstić information content (AvgIpc) is 2.14. The van der Waals surface area contributed by atoms with Gasteiger partial charge in [-0.15, -0.1) is 0 Å². The van der Waals surface area contributed by atoms with Gasteiger partial charge in [-0.3, -0.25) is 0 Å². The predicted molar refractivity (Wildman–Crippen MR) is 37.6 cm³/mol. The van der Waals surface area contributed by atoms with Crippen LogP contribution in [0.3, 0.4) is 0 Å². The van der Waals surface area contributed by atoms with Crippen molar-refractivity contribution in [1.29, 1.82) is 0 Å². The van der Waals surface area contributed by atoms with Crippen LogP contribution in [-0.2, 0) is 4.43 Å². The van der Waals surface area contributed by atoms with E-state index in [2.05, 4.69) is 6.92 Å². The molecule has 0 aromatic heterocycles. The van der Waals surface area contributed by atoms with Crippen molar-refractivity contribution >= 4 is 10.5 Å². The van der Waals surface area contributed by atoms with Gasteiger partial charge < -0.3 is 4.43 Å². The van der Waals surface area contributed by atoms with Gasteiger partial charge in [-0.2, -0.15) is 0 Å². The van der Waals surface area contributed by atoms with Gasteiger partial charge in [0.2, 0.25) is 10.5 Å². The Balaban J connectivity index is 2.58. The van der Waals surface area contributed by atoms with E-state index in [0.29, 0.717) is 0 Å². The largest absolute Gasteiger partial charge is 0.556 e. The Kier molecular flexibility index (Phi) is 1.73. The molecule has 2 heteroatoms. The summed E-state index contributed by atoms with van der Waals surface area (Å²) in [4.78, 5) is 0. The van der Waals surface area contributed by atoms with Crippen LogP contribution in [0.4, 0.5) is 0 Å². The van der Waals surface area contributed by atoms with Crippen molar-refractivity contribution in [3.63, 3.8) is 0 Å². The highest BCUT2D eigenvalue weighted by Crippen LogP contribution is 2.24. The molecule has 0 heterocycles. The molecule has 0 aliphatic heterocycles. The maximum Gasteiger partial charge on any atom is 0.203 e. The Labute approximate surface area is 53.3 Å². The summed E-state index contributed by atoms with van der Waals surface area (Å²) in [6, 6.07) is 0. The highest BCUT2D eigenvalue weighted by molar-refractivity contribution is 5.98. The van der Waals surface area contributed by atoms with E-state index in [1.807, 2.05) is 0 Å². The van der Waals surface area contributed by atoms with Crippen LogP contribution in [0.1, 0.15) is 26.2 Å². The molecule has 1 aliphatic carbocycles. The summed E-state index contributed by atoms with van der Waals surface area (Å²) in [5, 5.41) is 0. The van der Waals surface area contributed by atoms with Crippen molar-refractivity contribution in [2.75, 3.05) is 0 Å². The third kappa shape index (κ3) is 0.942. The Morgan fingerprint density at radius 2 is 2.25 bits per heavy atom. The molecule has 0 radical (unpaired) electrons. The zero-order valence-electron chi connectivity index (χ0n) is 5.53. The minimum Gasteiger partial charge on any atom is -0.556 e. The Bertz CT molecular complexity index is 118. The second-order valence-corrected chi connectivity index (χ2v) is 2.67. The quantitative estimate of drug-likeness (QED) is 0.473. The summed E-state index contributed by atoms with van der Waals surface area (Å²) in [7, 11) is 0.862. The monoisotopic (exact) mass is 128 g/mol. The second kappa shape index (κ2) is 2.35. The first-order chi connectivity index (χ1) is 3.84. The second-order valence-electron chi connectivity index (χ2n) is 2.26. The van der Waals surface area contributed by atoms with Gasteiger partial charge in [0.1, 0.15) is 0 Å². The molecule has 0 fully saturated rings. The molecule has 0 unspecified atom stereocenters. The summed E-state index contributed by atoms with van der Waals surface area (Å²) < 4.78 is 5.24. The van der Waals surface area contributed by atoms with Crippen molar-refractivity contribution in [1.82, 2.24) is 0 Å². The summed E-state index contributed by atoms with van der Waals surface area (Å²) in [6.45, 7) is 2.17. The first-order valence-corrected chi connectivity index (χ1v) is 3.89. The number of rotatable bonds is 1. The van der Waals surface area contributed by atoms with Gasteiger partial charge in [0.15, 0.2) is 0 Å². The van der Waals surface area contributed by atoms with Crippen LogP contribution in [-0.4, -0.2) is 10.5 Å². The average molecular weight is 128 g/mol. The zero-order chi connectivity index (χ0) is 5.98. The van der Waals surface area contributed by atoms with Crippen LogP contribution in [0.5, 0.6) is 0 Å². The first kappa shape index (κ1) is 5.89. The minimum atomic E-state index is 0.862. The Hall–Kier alpha value is -0.243. The normalized spacial score (nSPS) is 20.1. The van der Waals surface area contributed by atoms with Crippen LogP contribution in [0.2, 0.25) is 0 Å². The van der Waals surface area contributed by atoms with Gasteiger partial charge in [-0.25, -0.2) is 0 Å². The minimum absolute atomic E-state index is 0.862. The number of hydrogen-bond donors (Lipinski definition) is 0. The van der Waals surface area contributed by atoms with Gasteiger partial charge >= 0.3 is 0 Å². The third-order valence-electron chi connectivity index (χ3n) is 1.68. The highest BCUT2D eigenvalue weighted by atomic mass is 28.2. The van der Waals surface area contributed by atoms with Gasteiger partial charge in [0, 0.05) is 6.42 Å². The molecule has 1 rings (SSSR count). The smallest absolute Gasteiger partial charge is 0.203 e. The van der Waals surface area contributed by atoms with Crippen LogP contribution in [0.25, 0.3) is 0 Å². The molecule has 8 heavy (non-hydrogen) atoms. The molecule has 0 spiro atoms. The van der Waals surface area contributed by atoms with Crippen molar-refractivity contribution in [3.05, 3.63) is 11.3 Å². The van der Waals surface area contributed by atoms with Crippen molar-refractivity contribution in [2.45, 2.75) is 26.2 Å². The fraction of sp³-hybridized carbons (Fsp3) is 0.667. The van der Waals surface area contributed by atoms with Crippen LogP contribution < -0.4 is 0 Å². The molecule has 0 N–H and O–H groups in total. The molecule has 0 aromatic carbocycles. The van der Waals surface area contributed by atoms with E-state index in [0.717, 1.165) is 10.5 Å². The Morgan fingerprint density at radius 1 is 1.50 bits per heavy atom. The van der Waals surface area contributed by atoms with Crippen LogP contribution >= 0.6 is 0 Å². The summed E-state index contributed by atoms with van der Waals surface area (Å²) in [6.07, 6.45) is 3.76. The van der Waals surface area contributed by atoms with Crippen molar-refractivity contribution in [2.24, 2.45) is 0 Å². The maximum absolute atomic E-state index is 5.24. The van der Waals surface area contributed by atoms with E-state index < -0.39 is 0 Å². The van der Waals surface area contributed by atoms with Crippen LogP contribution in [0.15, 0.2) is 11.3 Å². The topological polar surface area (TPSA) is 9.23 Å². The van der Waals surface area contributed by atoms with Gasteiger partial charge in [-0.1, -0.05) is 0 Å². The molecule has 0 saturated carbocycles. The zero-order valence-corrected chi connectivity index (χ0v) is 7.53. The van der Waals surface area contributed by atoms with Gasteiger partial charge in [0.25, 0.3) is 0 Å². The fourth-order valence-electron chi connectivity index (χ4n) is 1.14. The van der Waals surface area contributed by atoms with Crippen molar-refractivity contribution < 1.29 is 4.43 Å². The lowest BCUT2D eigenvalue weighted by Crippen LogP contribution is -1.83. The number of hydrogen-bond acceptors (Lipinski definition) is 1. The maximum atomic E-state index is 5.24. The standard InChI is InChI=1S/C6H12OSi/c1-5-3-2-4-6(5)7-8/h2-4H2,1,8H3. The van der Waals surface area contributed by atoms with Gasteiger partial charge in [0.05, 0.1) is 5.76 Å². The lowest BCUT2D eigenvalue weighted by atomic mass is 10.3. The lowest BCUT2D eigenvalue weighted by Gasteiger charge is -1.99. The Morgan fingerprint density at radius 3 is 2.50 bits per heavy atom. The lowest BCUT2D eigenvalue weighted by molar-refractivity contribution is 0.449. The van der Waals surface area contributed by atoms with E-state index in [1.165, 1.54) is 30.6 Å². The molecule has 0 bridgehead atoms. The highest BCUT2D eigenvalue weighted by Gasteiger charge is 2.08. The SMILES string of the molecule is CC1=C(O[SiH3])CCC1. The summed E-state index contributed by atoms with van der Waals surface area (Å²) >= 11 is 0. The fourth-order valence-corrected chi connectivity index (χ4v) is 1.70. The molecule has 0 aromatic rings. The molecule has 1 nitrogen and oxygen atoms in total. The van der Waals surface area contributed by atoms with E-state index in [1.54, 1.807) is 0 Å². The molecule has 0 amide bonds. The molecule has 1 aliphatic rings. The first-order valence-electron chi connectivity index (χ1n) is 3.07. The predicted octanol–water partition coefficient (Wildman–Crippen LogP) is 0.741. The summed E-state index contributed by atoms with van der Waals surface area (Å²) in [5.41, 5.74) is 1.47. The van der Waals surface area contributed by atoms with Crippen LogP contribution in [0, 0.1) is 0 Å². The molecular weight excluding hydrogens is 116 g/mol. The van der Waals surface area contributed by atoms with E-state index >= 15 is 0 Å². The molecule has 46 valence electrons. The third-order valence-corrected chi connectivity index (χ3v) is 2.17. The number of allylic oxidation sites excluding steroid dienone is 2. The molecule has 0 atom stereocenters. The molecule has 0 saturated heterocycles. The molecular formula is C6H12OSi. The van der Waals surface area contributed by atoms with Crippen molar-refractivity contribution in [3.8, 4) is 0 Å². The van der Waals surface area contributed by atoms with E-state index in [-0.39, 0.29) is 0 Å².